The monoisotopic (exact) mass is 310 g/mol. The molecule has 1 heterocycles. The number of hydrogen-bond acceptors (Lipinski definition) is 3. The molecule has 0 aliphatic heterocycles. The SMILES string of the molecule is O=C(O)c1ccc2oc(C=Cc3ccc(F)cc3)cc(=O)c2c1. The van der Waals surface area contributed by atoms with Gasteiger partial charge < -0.3 is 9.52 Å². The van der Waals surface area contributed by atoms with Gasteiger partial charge in [0.2, 0.25) is 0 Å². The third-order valence-electron chi connectivity index (χ3n) is 3.30. The average molecular weight is 310 g/mol. The highest BCUT2D eigenvalue weighted by Gasteiger charge is 2.08. The maximum Gasteiger partial charge on any atom is 0.335 e. The molecule has 114 valence electrons. The molecule has 23 heavy (non-hydrogen) atoms. The van der Waals surface area contributed by atoms with Crippen LogP contribution in [0.25, 0.3) is 23.1 Å². The number of benzene rings is 2. The van der Waals surface area contributed by atoms with Crippen LogP contribution in [0.4, 0.5) is 4.39 Å². The van der Waals surface area contributed by atoms with Crippen LogP contribution in [-0.2, 0) is 0 Å². The summed E-state index contributed by atoms with van der Waals surface area (Å²) in [5, 5.41) is 9.16. The Morgan fingerprint density at radius 3 is 2.48 bits per heavy atom. The van der Waals surface area contributed by atoms with Crippen molar-refractivity contribution in [3.05, 3.63) is 81.5 Å². The molecule has 0 saturated heterocycles. The lowest BCUT2D eigenvalue weighted by Crippen LogP contribution is -2.03. The Morgan fingerprint density at radius 1 is 1.04 bits per heavy atom. The maximum absolute atomic E-state index is 12.8. The van der Waals surface area contributed by atoms with E-state index >= 15 is 0 Å². The zero-order chi connectivity index (χ0) is 16.4. The molecular weight excluding hydrogens is 299 g/mol. The topological polar surface area (TPSA) is 67.5 Å². The molecule has 0 atom stereocenters. The molecule has 1 N–H and O–H groups in total. The van der Waals surface area contributed by atoms with Gasteiger partial charge in [-0.25, -0.2) is 9.18 Å². The number of rotatable bonds is 3. The summed E-state index contributed by atoms with van der Waals surface area (Å²) in [4.78, 5) is 23.0. The number of carbonyl (C=O) groups is 1. The zero-order valence-corrected chi connectivity index (χ0v) is 11.8. The summed E-state index contributed by atoms with van der Waals surface area (Å²) in [6.45, 7) is 0. The highest BCUT2D eigenvalue weighted by molar-refractivity contribution is 5.92. The average Bonchev–Trinajstić information content (AvgIpc) is 2.54. The molecule has 0 aliphatic carbocycles. The first-order valence-electron chi connectivity index (χ1n) is 6.78. The van der Waals surface area contributed by atoms with E-state index in [1.54, 1.807) is 24.3 Å². The minimum atomic E-state index is -1.11. The van der Waals surface area contributed by atoms with Gasteiger partial charge in [-0.15, -0.1) is 0 Å². The fourth-order valence-electron chi connectivity index (χ4n) is 2.14. The standard InChI is InChI=1S/C18H11FO4/c19-13-5-1-11(2-6-13)3-7-14-10-16(20)15-9-12(18(21)22)4-8-17(15)23-14/h1-10H,(H,21,22). The van der Waals surface area contributed by atoms with E-state index in [4.69, 9.17) is 9.52 Å². The molecule has 0 fully saturated rings. The molecule has 1 aromatic heterocycles. The van der Waals surface area contributed by atoms with Crippen LogP contribution in [-0.4, -0.2) is 11.1 Å². The third kappa shape index (κ3) is 3.18. The van der Waals surface area contributed by atoms with Crippen LogP contribution in [0.5, 0.6) is 0 Å². The van der Waals surface area contributed by atoms with Gasteiger partial charge in [-0.1, -0.05) is 18.2 Å². The summed E-state index contributed by atoms with van der Waals surface area (Å²) in [6.07, 6.45) is 3.29. The van der Waals surface area contributed by atoms with Gasteiger partial charge in [0.1, 0.15) is 17.2 Å². The molecular formula is C18H11FO4. The minimum Gasteiger partial charge on any atom is -0.478 e. The summed E-state index contributed by atoms with van der Waals surface area (Å²) < 4.78 is 18.4. The maximum atomic E-state index is 12.8. The van der Waals surface area contributed by atoms with Crippen LogP contribution < -0.4 is 5.43 Å². The van der Waals surface area contributed by atoms with Gasteiger partial charge in [-0.05, 0) is 42.0 Å². The predicted octanol–water partition coefficient (Wildman–Crippen LogP) is 3.80. The quantitative estimate of drug-likeness (QED) is 0.799. The second kappa shape index (κ2) is 5.88. The Kier molecular flexibility index (Phi) is 3.76. The highest BCUT2D eigenvalue weighted by atomic mass is 19.1. The Labute approximate surface area is 130 Å². The lowest BCUT2D eigenvalue weighted by Gasteiger charge is -2.01. The summed E-state index contributed by atoms with van der Waals surface area (Å²) in [5.74, 6) is -1.10. The molecule has 0 aliphatic rings. The number of aromatic carboxylic acids is 1. The number of hydrogen-bond donors (Lipinski definition) is 1. The van der Waals surface area contributed by atoms with Crippen molar-refractivity contribution < 1.29 is 18.7 Å². The third-order valence-corrected chi connectivity index (χ3v) is 3.30. The van der Waals surface area contributed by atoms with E-state index in [2.05, 4.69) is 0 Å². The fourth-order valence-corrected chi connectivity index (χ4v) is 2.14. The van der Waals surface area contributed by atoms with E-state index in [0.717, 1.165) is 5.56 Å². The molecule has 5 heteroatoms. The molecule has 3 aromatic rings. The van der Waals surface area contributed by atoms with Crippen molar-refractivity contribution in [2.24, 2.45) is 0 Å². The molecule has 3 rings (SSSR count). The van der Waals surface area contributed by atoms with E-state index in [0.29, 0.717) is 11.3 Å². The number of fused-ring (bicyclic) bond motifs is 1. The van der Waals surface area contributed by atoms with E-state index < -0.39 is 5.97 Å². The van der Waals surface area contributed by atoms with Gasteiger partial charge in [0.15, 0.2) is 5.43 Å². The van der Waals surface area contributed by atoms with Crippen molar-refractivity contribution >= 4 is 29.1 Å². The number of halogens is 1. The molecule has 0 amide bonds. The molecule has 0 unspecified atom stereocenters. The predicted molar refractivity (Wildman–Crippen MR) is 84.8 cm³/mol. The number of carboxylic acid groups (broad SMARTS) is 1. The van der Waals surface area contributed by atoms with Gasteiger partial charge in [-0.3, -0.25) is 4.79 Å². The van der Waals surface area contributed by atoms with Crippen LogP contribution in [0.1, 0.15) is 21.7 Å². The van der Waals surface area contributed by atoms with Crippen molar-refractivity contribution in [2.75, 3.05) is 0 Å². The molecule has 0 saturated carbocycles. The van der Waals surface area contributed by atoms with Crippen molar-refractivity contribution in [3.8, 4) is 0 Å². The second-order valence-electron chi connectivity index (χ2n) is 4.91. The summed E-state index contributed by atoms with van der Waals surface area (Å²) in [7, 11) is 0. The summed E-state index contributed by atoms with van der Waals surface area (Å²) >= 11 is 0. The van der Waals surface area contributed by atoms with Crippen LogP contribution >= 0.6 is 0 Å². The molecule has 0 radical (unpaired) electrons. The van der Waals surface area contributed by atoms with Gasteiger partial charge in [0.05, 0.1) is 10.9 Å². The lowest BCUT2D eigenvalue weighted by atomic mass is 10.1. The van der Waals surface area contributed by atoms with Crippen molar-refractivity contribution in [1.82, 2.24) is 0 Å². The van der Waals surface area contributed by atoms with Crippen molar-refractivity contribution in [3.63, 3.8) is 0 Å². The normalized spacial score (nSPS) is 11.2. The summed E-state index contributed by atoms with van der Waals surface area (Å²) in [6, 6.07) is 11.3. The summed E-state index contributed by atoms with van der Waals surface area (Å²) in [5.41, 5.74) is 0.768. The Morgan fingerprint density at radius 2 is 1.78 bits per heavy atom. The molecule has 2 aromatic carbocycles. The number of carboxylic acids is 1. The first kappa shape index (κ1) is 14.7. The van der Waals surface area contributed by atoms with E-state index in [-0.39, 0.29) is 22.2 Å². The molecule has 0 spiro atoms. The lowest BCUT2D eigenvalue weighted by molar-refractivity contribution is 0.0697. The zero-order valence-electron chi connectivity index (χ0n) is 11.8. The van der Waals surface area contributed by atoms with Gasteiger partial charge in [-0.2, -0.15) is 0 Å². The minimum absolute atomic E-state index is 0.0272. The van der Waals surface area contributed by atoms with Crippen LogP contribution in [0, 0.1) is 5.82 Å². The van der Waals surface area contributed by atoms with Crippen LogP contribution in [0.15, 0.2) is 57.7 Å². The van der Waals surface area contributed by atoms with E-state index in [1.165, 1.54) is 36.4 Å². The molecule has 4 nitrogen and oxygen atoms in total. The molecule has 0 bridgehead atoms. The smallest absolute Gasteiger partial charge is 0.335 e. The Hall–Kier alpha value is -3.21. The van der Waals surface area contributed by atoms with Crippen molar-refractivity contribution in [2.45, 2.75) is 0 Å². The fraction of sp³-hybridized carbons (Fsp3) is 0. The van der Waals surface area contributed by atoms with Gasteiger partial charge in [0.25, 0.3) is 0 Å². The second-order valence-corrected chi connectivity index (χ2v) is 4.91. The van der Waals surface area contributed by atoms with Crippen LogP contribution in [0.2, 0.25) is 0 Å². The van der Waals surface area contributed by atoms with Crippen molar-refractivity contribution in [1.29, 1.82) is 0 Å². The Bertz CT molecular complexity index is 968. The first-order valence-corrected chi connectivity index (χ1v) is 6.78. The first-order chi connectivity index (χ1) is 11.0. The van der Waals surface area contributed by atoms with Gasteiger partial charge >= 0.3 is 5.97 Å². The highest BCUT2D eigenvalue weighted by Crippen LogP contribution is 2.16. The largest absolute Gasteiger partial charge is 0.478 e. The van der Waals surface area contributed by atoms with Gasteiger partial charge in [0, 0.05) is 6.07 Å². The van der Waals surface area contributed by atoms with E-state index in [1.807, 2.05) is 0 Å². The van der Waals surface area contributed by atoms with E-state index in [9.17, 15) is 14.0 Å². The Balaban J connectivity index is 1.99. The van der Waals surface area contributed by atoms with Crippen LogP contribution in [0.3, 0.4) is 0 Å².